The SMILES string of the molecule is O=C(CS)CNC(=O)OCc1ccccc1. The van der Waals surface area contributed by atoms with Crippen molar-refractivity contribution in [1.29, 1.82) is 0 Å². The summed E-state index contributed by atoms with van der Waals surface area (Å²) in [5.41, 5.74) is 0.901. The maximum Gasteiger partial charge on any atom is 0.407 e. The summed E-state index contributed by atoms with van der Waals surface area (Å²) in [6.07, 6.45) is -0.598. The molecule has 0 aliphatic heterocycles. The van der Waals surface area contributed by atoms with E-state index in [9.17, 15) is 9.59 Å². The van der Waals surface area contributed by atoms with Crippen molar-refractivity contribution in [2.24, 2.45) is 0 Å². The van der Waals surface area contributed by atoms with Crippen LogP contribution in [0.5, 0.6) is 0 Å². The van der Waals surface area contributed by atoms with Gasteiger partial charge in [0, 0.05) is 0 Å². The number of carbonyl (C=O) groups excluding carboxylic acids is 2. The van der Waals surface area contributed by atoms with Gasteiger partial charge >= 0.3 is 6.09 Å². The molecular formula is C11H13NO3S. The maximum atomic E-state index is 11.1. The van der Waals surface area contributed by atoms with E-state index in [1.165, 1.54) is 0 Å². The first-order valence-electron chi connectivity index (χ1n) is 4.79. The van der Waals surface area contributed by atoms with Crippen molar-refractivity contribution in [2.45, 2.75) is 6.61 Å². The number of amides is 1. The van der Waals surface area contributed by atoms with Crippen molar-refractivity contribution in [3.8, 4) is 0 Å². The van der Waals surface area contributed by atoms with Crippen LogP contribution in [0.3, 0.4) is 0 Å². The number of hydrogen-bond donors (Lipinski definition) is 2. The zero-order valence-electron chi connectivity index (χ0n) is 8.68. The molecule has 86 valence electrons. The van der Waals surface area contributed by atoms with Crippen LogP contribution < -0.4 is 5.32 Å². The zero-order chi connectivity index (χ0) is 11.8. The number of nitrogens with one attached hydrogen (secondary N) is 1. The lowest BCUT2D eigenvalue weighted by atomic mass is 10.2. The largest absolute Gasteiger partial charge is 0.445 e. The molecule has 1 aromatic rings. The minimum atomic E-state index is -0.598. The second-order valence-corrected chi connectivity index (χ2v) is 3.43. The van der Waals surface area contributed by atoms with Crippen LogP contribution in [0.25, 0.3) is 0 Å². The Balaban J connectivity index is 2.23. The predicted octanol–water partition coefficient (Wildman–Crippen LogP) is 1.41. The summed E-state index contributed by atoms with van der Waals surface area (Å²) in [4.78, 5) is 22.0. The number of benzene rings is 1. The smallest absolute Gasteiger partial charge is 0.407 e. The zero-order valence-corrected chi connectivity index (χ0v) is 9.57. The average Bonchev–Trinajstić information content (AvgIpc) is 2.34. The highest BCUT2D eigenvalue weighted by atomic mass is 32.1. The molecule has 0 saturated carbocycles. The number of ether oxygens (including phenoxy) is 1. The standard InChI is InChI=1S/C11H13NO3S/c13-10(8-16)6-12-11(14)15-7-9-4-2-1-3-5-9/h1-5,16H,6-8H2,(H,12,14). The van der Waals surface area contributed by atoms with E-state index in [1.807, 2.05) is 30.3 Å². The first-order chi connectivity index (χ1) is 7.72. The Labute approximate surface area is 99.4 Å². The van der Waals surface area contributed by atoms with Crippen LogP contribution in [0, 0.1) is 0 Å². The van der Waals surface area contributed by atoms with E-state index in [0.717, 1.165) is 5.56 Å². The van der Waals surface area contributed by atoms with Gasteiger partial charge in [-0.25, -0.2) is 4.79 Å². The van der Waals surface area contributed by atoms with Crippen LogP contribution in [0.1, 0.15) is 5.56 Å². The van der Waals surface area contributed by atoms with Gasteiger partial charge in [-0.3, -0.25) is 4.79 Å². The lowest BCUT2D eigenvalue weighted by Crippen LogP contribution is -2.30. The van der Waals surface area contributed by atoms with Crippen LogP contribution in [0.4, 0.5) is 4.79 Å². The van der Waals surface area contributed by atoms with Gasteiger partial charge in [0.15, 0.2) is 5.78 Å². The van der Waals surface area contributed by atoms with Crippen molar-refractivity contribution in [3.05, 3.63) is 35.9 Å². The van der Waals surface area contributed by atoms with Gasteiger partial charge in [0.25, 0.3) is 0 Å². The Kier molecular flexibility index (Phi) is 5.42. The van der Waals surface area contributed by atoms with Gasteiger partial charge in [-0.2, -0.15) is 12.6 Å². The van der Waals surface area contributed by atoms with Crippen molar-refractivity contribution in [1.82, 2.24) is 5.32 Å². The summed E-state index contributed by atoms with van der Waals surface area (Å²) in [6, 6.07) is 9.31. The van der Waals surface area contributed by atoms with Gasteiger partial charge in [0.05, 0.1) is 12.3 Å². The molecule has 0 unspecified atom stereocenters. The third-order valence-electron chi connectivity index (χ3n) is 1.82. The molecule has 1 N–H and O–H groups in total. The number of Topliss-reactive ketones (excluding diaryl/α,β-unsaturated/α-hetero) is 1. The fraction of sp³-hybridized carbons (Fsp3) is 0.273. The Bertz CT molecular complexity index is 354. The third-order valence-corrected chi connectivity index (χ3v) is 2.17. The number of rotatable bonds is 5. The van der Waals surface area contributed by atoms with Crippen LogP contribution in [-0.4, -0.2) is 24.2 Å². The van der Waals surface area contributed by atoms with Gasteiger partial charge in [0.2, 0.25) is 0 Å². The molecular weight excluding hydrogens is 226 g/mol. The topological polar surface area (TPSA) is 55.4 Å². The Morgan fingerprint density at radius 3 is 2.56 bits per heavy atom. The normalized spacial score (nSPS) is 9.56. The van der Waals surface area contributed by atoms with E-state index in [1.54, 1.807) is 0 Å². The number of alkyl carbamates (subject to hydrolysis) is 1. The van der Waals surface area contributed by atoms with Gasteiger partial charge in [-0.05, 0) is 5.56 Å². The van der Waals surface area contributed by atoms with Gasteiger partial charge in [-0.1, -0.05) is 30.3 Å². The molecule has 0 saturated heterocycles. The second kappa shape index (κ2) is 6.90. The van der Waals surface area contributed by atoms with Crippen molar-refractivity contribution in [3.63, 3.8) is 0 Å². The Hall–Kier alpha value is -1.49. The summed E-state index contributed by atoms with van der Waals surface area (Å²) in [7, 11) is 0. The maximum absolute atomic E-state index is 11.1. The average molecular weight is 239 g/mol. The molecule has 0 bridgehead atoms. The van der Waals surface area contributed by atoms with Crippen LogP contribution >= 0.6 is 12.6 Å². The number of ketones is 1. The first kappa shape index (κ1) is 12.6. The highest BCUT2D eigenvalue weighted by Crippen LogP contribution is 2.00. The monoisotopic (exact) mass is 239 g/mol. The molecule has 5 heteroatoms. The lowest BCUT2D eigenvalue weighted by Gasteiger charge is -2.05. The molecule has 0 heterocycles. The number of carbonyl (C=O) groups is 2. The minimum absolute atomic E-state index is 0.0445. The Morgan fingerprint density at radius 2 is 1.94 bits per heavy atom. The van der Waals surface area contributed by atoms with Gasteiger partial charge < -0.3 is 10.1 Å². The van der Waals surface area contributed by atoms with E-state index in [2.05, 4.69) is 17.9 Å². The summed E-state index contributed by atoms with van der Waals surface area (Å²) in [5, 5.41) is 2.34. The second-order valence-electron chi connectivity index (χ2n) is 3.11. The molecule has 0 radical (unpaired) electrons. The molecule has 0 aliphatic rings. The summed E-state index contributed by atoms with van der Waals surface area (Å²) in [5.74, 6) is -0.0427. The first-order valence-corrected chi connectivity index (χ1v) is 5.42. The predicted molar refractivity (Wildman–Crippen MR) is 63.5 cm³/mol. The van der Waals surface area contributed by atoms with Crippen LogP contribution in [0.2, 0.25) is 0 Å². The lowest BCUT2D eigenvalue weighted by molar-refractivity contribution is -0.115. The highest BCUT2D eigenvalue weighted by molar-refractivity contribution is 7.81. The fourth-order valence-corrected chi connectivity index (χ4v) is 1.11. The van der Waals surface area contributed by atoms with Crippen LogP contribution in [-0.2, 0) is 16.1 Å². The molecule has 16 heavy (non-hydrogen) atoms. The van der Waals surface area contributed by atoms with Crippen molar-refractivity contribution in [2.75, 3.05) is 12.3 Å². The molecule has 0 aliphatic carbocycles. The molecule has 4 nitrogen and oxygen atoms in total. The summed E-state index contributed by atoms with van der Waals surface area (Å²) in [6.45, 7) is 0.152. The molecule has 1 amide bonds. The summed E-state index contributed by atoms with van der Waals surface area (Å²) < 4.78 is 4.90. The van der Waals surface area contributed by atoms with E-state index >= 15 is 0 Å². The molecule has 0 aromatic heterocycles. The minimum Gasteiger partial charge on any atom is -0.445 e. The molecule has 0 spiro atoms. The van der Waals surface area contributed by atoms with Gasteiger partial charge in [0.1, 0.15) is 6.61 Å². The Morgan fingerprint density at radius 1 is 1.25 bits per heavy atom. The third kappa shape index (κ3) is 4.84. The van der Waals surface area contributed by atoms with Crippen molar-refractivity contribution < 1.29 is 14.3 Å². The number of hydrogen-bond acceptors (Lipinski definition) is 4. The molecule has 0 atom stereocenters. The van der Waals surface area contributed by atoms with Crippen molar-refractivity contribution >= 4 is 24.5 Å². The fourth-order valence-electron chi connectivity index (χ4n) is 1.00. The summed E-state index contributed by atoms with van der Waals surface area (Å²) >= 11 is 3.79. The van der Waals surface area contributed by atoms with E-state index < -0.39 is 6.09 Å². The van der Waals surface area contributed by atoms with Gasteiger partial charge in [-0.15, -0.1) is 0 Å². The van der Waals surface area contributed by atoms with E-state index in [-0.39, 0.29) is 24.7 Å². The van der Waals surface area contributed by atoms with E-state index in [0.29, 0.717) is 0 Å². The quantitative estimate of drug-likeness (QED) is 0.764. The number of thiol groups is 1. The highest BCUT2D eigenvalue weighted by Gasteiger charge is 2.04. The molecule has 1 aromatic carbocycles. The molecule has 0 fully saturated rings. The van der Waals surface area contributed by atoms with E-state index in [4.69, 9.17) is 4.74 Å². The van der Waals surface area contributed by atoms with Crippen LogP contribution in [0.15, 0.2) is 30.3 Å². The molecule has 1 rings (SSSR count).